The van der Waals surface area contributed by atoms with Gasteiger partial charge in [-0.1, -0.05) is 33.8 Å². The van der Waals surface area contributed by atoms with Crippen molar-refractivity contribution in [2.45, 2.75) is 53.0 Å². The average molecular weight is 293 g/mol. The van der Waals surface area contributed by atoms with E-state index in [9.17, 15) is 0 Å². The maximum Gasteiger partial charge on any atom is 0.161 e. The third kappa shape index (κ3) is 5.96. The smallest absolute Gasteiger partial charge is 0.161 e. The Morgan fingerprint density at radius 1 is 1.10 bits per heavy atom. The van der Waals surface area contributed by atoms with E-state index in [0.717, 1.165) is 30.9 Å². The SMILES string of the molecule is CCCNC(CCC(C)(C)C)c1ccc(OC)c(OC)c1. The molecule has 3 nitrogen and oxygen atoms in total. The van der Waals surface area contributed by atoms with Crippen molar-refractivity contribution >= 4 is 0 Å². The topological polar surface area (TPSA) is 30.5 Å². The van der Waals surface area contributed by atoms with Crippen molar-refractivity contribution in [2.24, 2.45) is 5.41 Å². The molecule has 0 radical (unpaired) electrons. The summed E-state index contributed by atoms with van der Waals surface area (Å²) in [5.41, 5.74) is 1.62. The third-order valence-corrected chi connectivity index (χ3v) is 3.63. The van der Waals surface area contributed by atoms with Crippen molar-refractivity contribution in [1.82, 2.24) is 5.32 Å². The van der Waals surface area contributed by atoms with Gasteiger partial charge in [-0.3, -0.25) is 0 Å². The van der Waals surface area contributed by atoms with Crippen LogP contribution in [0.15, 0.2) is 18.2 Å². The fourth-order valence-corrected chi connectivity index (χ4v) is 2.35. The molecule has 1 rings (SSSR count). The second-order valence-corrected chi connectivity index (χ2v) is 6.72. The summed E-state index contributed by atoms with van der Waals surface area (Å²) in [6, 6.07) is 6.59. The van der Waals surface area contributed by atoms with E-state index >= 15 is 0 Å². The normalized spacial score (nSPS) is 13.0. The Balaban J connectivity index is 2.91. The van der Waals surface area contributed by atoms with Crippen LogP contribution in [0, 0.1) is 5.41 Å². The van der Waals surface area contributed by atoms with Gasteiger partial charge in [0.25, 0.3) is 0 Å². The fourth-order valence-electron chi connectivity index (χ4n) is 2.35. The molecule has 0 saturated carbocycles. The molecule has 0 spiro atoms. The standard InChI is InChI=1S/C18H31NO2/c1-7-12-19-15(10-11-18(2,3)4)14-8-9-16(20-5)17(13-14)21-6/h8-9,13,15,19H,7,10-12H2,1-6H3. The molecule has 0 aliphatic heterocycles. The highest BCUT2D eigenvalue weighted by molar-refractivity contribution is 5.43. The van der Waals surface area contributed by atoms with Crippen LogP contribution in [-0.2, 0) is 0 Å². The summed E-state index contributed by atoms with van der Waals surface area (Å²) in [6.07, 6.45) is 3.45. The van der Waals surface area contributed by atoms with Crippen LogP contribution in [-0.4, -0.2) is 20.8 Å². The van der Waals surface area contributed by atoms with Gasteiger partial charge in [0.15, 0.2) is 11.5 Å². The molecule has 21 heavy (non-hydrogen) atoms. The van der Waals surface area contributed by atoms with Gasteiger partial charge >= 0.3 is 0 Å². The summed E-state index contributed by atoms with van der Waals surface area (Å²) in [7, 11) is 3.36. The highest BCUT2D eigenvalue weighted by Crippen LogP contribution is 2.33. The Morgan fingerprint density at radius 3 is 2.29 bits per heavy atom. The molecule has 1 aromatic carbocycles. The maximum absolute atomic E-state index is 5.42. The zero-order valence-corrected chi connectivity index (χ0v) is 14.5. The zero-order valence-electron chi connectivity index (χ0n) is 14.5. The zero-order chi connectivity index (χ0) is 15.9. The molecule has 0 aliphatic rings. The van der Waals surface area contributed by atoms with Gasteiger partial charge in [-0.2, -0.15) is 0 Å². The quantitative estimate of drug-likeness (QED) is 0.761. The molecule has 3 heteroatoms. The van der Waals surface area contributed by atoms with Crippen molar-refractivity contribution in [3.05, 3.63) is 23.8 Å². The van der Waals surface area contributed by atoms with E-state index in [2.05, 4.69) is 45.1 Å². The molecule has 0 bridgehead atoms. The van der Waals surface area contributed by atoms with Crippen molar-refractivity contribution in [3.8, 4) is 11.5 Å². The molecule has 0 saturated heterocycles. The first-order chi connectivity index (χ1) is 9.91. The van der Waals surface area contributed by atoms with Crippen LogP contribution in [0.2, 0.25) is 0 Å². The molecular formula is C18H31NO2. The van der Waals surface area contributed by atoms with Crippen LogP contribution in [0.4, 0.5) is 0 Å². The molecule has 1 aromatic rings. The molecule has 0 aromatic heterocycles. The summed E-state index contributed by atoms with van der Waals surface area (Å²) in [5.74, 6) is 1.58. The van der Waals surface area contributed by atoms with Crippen LogP contribution in [0.3, 0.4) is 0 Å². The lowest BCUT2D eigenvalue weighted by Gasteiger charge is -2.25. The largest absolute Gasteiger partial charge is 0.493 e. The van der Waals surface area contributed by atoms with Gasteiger partial charge in [-0.25, -0.2) is 0 Å². The minimum atomic E-state index is 0.350. The summed E-state index contributed by atoms with van der Waals surface area (Å²) < 4.78 is 10.7. The van der Waals surface area contributed by atoms with Crippen molar-refractivity contribution in [1.29, 1.82) is 0 Å². The van der Waals surface area contributed by atoms with E-state index in [1.165, 1.54) is 12.0 Å². The van der Waals surface area contributed by atoms with Gasteiger partial charge in [0.05, 0.1) is 14.2 Å². The highest BCUT2D eigenvalue weighted by atomic mass is 16.5. The summed E-state index contributed by atoms with van der Waals surface area (Å²) >= 11 is 0. The van der Waals surface area contributed by atoms with Gasteiger partial charge in [0, 0.05) is 6.04 Å². The minimum Gasteiger partial charge on any atom is -0.493 e. The molecule has 1 N–H and O–H groups in total. The van der Waals surface area contributed by atoms with Gasteiger partial charge in [-0.05, 0) is 48.9 Å². The van der Waals surface area contributed by atoms with Crippen LogP contribution >= 0.6 is 0 Å². The number of methoxy groups -OCH3 is 2. The van der Waals surface area contributed by atoms with Gasteiger partial charge in [0.2, 0.25) is 0 Å². The van der Waals surface area contributed by atoms with E-state index in [-0.39, 0.29) is 0 Å². The lowest BCUT2D eigenvalue weighted by Crippen LogP contribution is -2.23. The van der Waals surface area contributed by atoms with Gasteiger partial charge in [-0.15, -0.1) is 0 Å². The molecular weight excluding hydrogens is 262 g/mol. The number of rotatable bonds is 8. The van der Waals surface area contributed by atoms with Crippen LogP contribution < -0.4 is 14.8 Å². The maximum atomic E-state index is 5.42. The fraction of sp³-hybridized carbons (Fsp3) is 0.667. The number of ether oxygens (including phenoxy) is 2. The van der Waals surface area contributed by atoms with Crippen molar-refractivity contribution in [3.63, 3.8) is 0 Å². The monoisotopic (exact) mass is 293 g/mol. The highest BCUT2D eigenvalue weighted by Gasteiger charge is 2.18. The molecule has 1 atom stereocenters. The summed E-state index contributed by atoms with van der Waals surface area (Å²) in [4.78, 5) is 0. The second kappa shape index (κ2) is 8.28. The Bertz CT molecular complexity index is 424. The average Bonchev–Trinajstić information content (AvgIpc) is 2.45. The third-order valence-electron chi connectivity index (χ3n) is 3.63. The summed E-state index contributed by atoms with van der Waals surface area (Å²) in [5, 5.41) is 3.65. The first kappa shape index (κ1) is 17.8. The summed E-state index contributed by atoms with van der Waals surface area (Å²) in [6.45, 7) is 10.1. The second-order valence-electron chi connectivity index (χ2n) is 6.72. The molecule has 0 aliphatic carbocycles. The van der Waals surface area contributed by atoms with E-state index in [4.69, 9.17) is 9.47 Å². The number of benzene rings is 1. The Morgan fingerprint density at radius 2 is 1.76 bits per heavy atom. The van der Waals surface area contributed by atoms with Crippen LogP contribution in [0.1, 0.15) is 58.6 Å². The van der Waals surface area contributed by atoms with E-state index in [1.807, 2.05) is 6.07 Å². The van der Waals surface area contributed by atoms with Gasteiger partial charge in [0.1, 0.15) is 0 Å². The Hall–Kier alpha value is -1.22. The predicted octanol–water partition coefficient (Wildman–Crippen LogP) is 4.57. The predicted molar refractivity (Wildman–Crippen MR) is 89.3 cm³/mol. The van der Waals surface area contributed by atoms with Crippen molar-refractivity contribution in [2.75, 3.05) is 20.8 Å². The molecule has 120 valence electrons. The lowest BCUT2D eigenvalue weighted by atomic mass is 9.87. The van der Waals surface area contributed by atoms with Gasteiger partial charge < -0.3 is 14.8 Å². The first-order valence-electron chi connectivity index (χ1n) is 7.86. The molecule has 0 fully saturated rings. The lowest BCUT2D eigenvalue weighted by molar-refractivity contribution is 0.330. The Kier molecular flexibility index (Phi) is 7.03. The molecule has 0 amide bonds. The van der Waals surface area contributed by atoms with E-state index < -0.39 is 0 Å². The molecule has 1 unspecified atom stereocenters. The minimum absolute atomic E-state index is 0.350. The van der Waals surface area contributed by atoms with Crippen molar-refractivity contribution < 1.29 is 9.47 Å². The number of hydrogen-bond donors (Lipinski definition) is 1. The van der Waals surface area contributed by atoms with Crippen LogP contribution in [0.25, 0.3) is 0 Å². The first-order valence-corrected chi connectivity index (χ1v) is 7.86. The van der Waals surface area contributed by atoms with E-state index in [1.54, 1.807) is 14.2 Å². The number of hydrogen-bond acceptors (Lipinski definition) is 3. The molecule has 0 heterocycles. The number of nitrogens with one attached hydrogen (secondary N) is 1. The van der Waals surface area contributed by atoms with E-state index in [0.29, 0.717) is 11.5 Å². The Labute approximate surface area is 130 Å². The van der Waals surface area contributed by atoms with Crippen LogP contribution in [0.5, 0.6) is 11.5 Å².